The van der Waals surface area contributed by atoms with Crippen molar-refractivity contribution in [3.8, 4) is 0 Å². The molecule has 0 saturated carbocycles. The van der Waals surface area contributed by atoms with E-state index in [0.717, 1.165) is 0 Å². The summed E-state index contributed by atoms with van der Waals surface area (Å²) < 4.78 is 18.7. The molecule has 0 aromatic heterocycles. The number of amides is 1. The van der Waals surface area contributed by atoms with E-state index >= 15 is 0 Å². The van der Waals surface area contributed by atoms with Crippen molar-refractivity contribution in [2.75, 3.05) is 33.4 Å². The highest BCUT2D eigenvalue weighted by molar-refractivity contribution is 6.40. The Kier molecular flexibility index (Phi) is 9.55. The van der Waals surface area contributed by atoms with Crippen LogP contribution in [0.15, 0.2) is 34.3 Å². The summed E-state index contributed by atoms with van der Waals surface area (Å²) in [4.78, 5) is 18.8. The number of hydrogen-bond acceptors (Lipinski definition) is 8. The summed E-state index contributed by atoms with van der Waals surface area (Å²) in [5.41, 5.74) is 1.73. The quantitative estimate of drug-likeness (QED) is 0.235. The Labute approximate surface area is 202 Å². The molecule has 0 spiro atoms. The lowest BCUT2D eigenvalue weighted by atomic mass is 9.80. The minimum atomic E-state index is -1.34. The maximum atomic E-state index is 13.5. The van der Waals surface area contributed by atoms with E-state index in [4.69, 9.17) is 21.4 Å². The predicted octanol–water partition coefficient (Wildman–Crippen LogP) is 0.585. The number of ether oxygens (including phenoxy) is 1. The van der Waals surface area contributed by atoms with Gasteiger partial charge in [0.05, 0.1) is 24.3 Å². The van der Waals surface area contributed by atoms with Gasteiger partial charge >= 0.3 is 0 Å². The number of benzene rings is 1. The standard InChI is InChI=1S/C23H31ClFN3O6/c1-34-12-16-19-15(20(27-21(16)31)22(32)26-7-2-3-14(30)11-29)6-8-28(23(19)33)10-13-4-5-18(25)17(24)9-13/h4-5,9,14-15,21,23,29-31,33H,2-3,6-8,10-12H2,1H3,(H,26,32). The van der Waals surface area contributed by atoms with Crippen molar-refractivity contribution < 1.29 is 34.3 Å². The summed E-state index contributed by atoms with van der Waals surface area (Å²) in [6, 6.07) is 4.36. The molecule has 2 aliphatic rings. The number of aliphatic hydroxyl groups excluding tert-OH is 4. The van der Waals surface area contributed by atoms with Crippen molar-refractivity contribution in [1.82, 2.24) is 10.2 Å². The molecule has 2 aliphatic heterocycles. The Morgan fingerprint density at radius 1 is 1.41 bits per heavy atom. The molecule has 11 heteroatoms. The Balaban J connectivity index is 1.76. The molecule has 1 saturated heterocycles. The van der Waals surface area contributed by atoms with Gasteiger partial charge in [0.25, 0.3) is 5.91 Å². The first-order chi connectivity index (χ1) is 16.3. The molecule has 0 radical (unpaired) electrons. The smallest absolute Gasteiger partial charge is 0.265 e. The van der Waals surface area contributed by atoms with E-state index in [1.165, 1.54) is 19.2 Å². The lowest BCUT2D eigenvalue weighted by Gasteiger charge is -2.42. The third-order valence-electron chi connectivity index (χ3n) is 6.09. The molecule has 1 fully saturated rings. The van der Waals surface area contributed by atoms with Gasteiger partial charge < -0.3 is 30.5 Å². The summed E-state index contributed by atoms with van der Waals surface area (Å²) in [7, 11) is 1.47. The number of nitrogens with one attached hydrogen (secondary N) is 1. The van der Waals surface area contributed by atoms with Crippen molar-refractivity contribution in [1.29, 1.82) is 0 Å². The van der Waals surface area contributed by atoms with Gasteiger partial charge in [-0.3, -0.25) is 9.69 Å². The number of aliphatic imine (C=N–C) groups is 1. The SMILES string of the molecule is COCC1=C2C(CCN(Cc3ccc(F)c(Cl)c3)C2O)C(C(=O)NCCCC(O)CO)=NC1O. The van der Waals surface area contributed by atoms with Crippen molar-refractivity contribution in [3.05, 3.63) is 45.7 Å². The first kappa shape index (κ1) is 26.7. The predicted molar refractivity (Wildman–Crippen MR) is 124 cm³/mol. The van der Waals surface area contributed by atoms with Crippen LogP contribution in [0.25, 0.3) is 0 Å². The van der Waals surface area contributed by atoms with Crippen LogP contribution < -0.4 is 5.32 Å². The van der Waals surface area contributed by atoms with Crippen LogP contribution in [0.2, 0.25) is 5.02 Å². The molecule has 4 atom stereocenters. The van der Waals surface area contributed by atoms with Crippen LogP contribution in [0.5, 0.6) is 0 Å². The Bertz CT molecular complexity index is 943. The van der Waals surface area contributed by atoms with Gasteiger partial charge in [-0.2, -0.15) is 0 Å². The molecule has 0 bridgehead atoms. The normalized spacial score (nSPS) is 24.0. The van der Waals surface area contributed by atoms with Crippen molar-refractivity contribution in [2.45, 2.75) is 44.4 Å². The van der Waals surface area contributed by atoms with Crippen LogP contribution in [-0.4, -0.2) is 88.9 Å². The largest absolute Gasteiger partial charge is 0.394 e. The number of carbonyl (C=O) groups excluding carboxylic acids is 1. The zero-order chi connectivity index (χ0) is 24.8. The van der Waals surface area contributed by atoms with Crippen molar-refractivity contribution >= 4 is 23.2 Å². The number of likely N-dealkylation sites (tertiary alicyclic amines) is 1. The van der Waals surface area contributed by atoms with E-state index in [1.54, 1.807) is 11.0 Å². The lowest BCUT2D eigenvalue weighted by Crippen LogP contribution is -2.51. The number of aliphatic hydroxyl groups is 4. The van der Waals surface area contributed by atoms with Gasteiger partial charge in [0, 0.05) is 38.2 Å². The minimum absolute atomic E-state index is 0.00755. The molecule has 3 rings (SSSR count). The minimum Gasteiger partial charge on any atom is -0.394 e. The van der Waals surface area contributed by atoms with Crippen molar-refractivity contribution in [3.63, 3.8) is 0 Å². The number of fused-ring (bicyclic) bond motifs is 1. The number of halogens is 2. The molecule has 0 aliphatic carbocycles. The zero-order valence-electron chi connectivity index (χ0n) is 19.0. The number of rotatable bonds is 10. The van der Waals surface area contributed by atoms with Crippen LogP contribution in [0.3, 0.4) is 0 Å². The van der Waals surface area contributed by atoms with Crippen LogP contribution >= 0.6 is 11.6 Å². The highest BCUT2D eigenvalue weighted by atomic mass is 35.5. The van der Waals surface area contributed by atoms with Gasteiger partial charge in [-0.05, 0) is 42.5 Å². The number of dihydropyridines is 1. The molecule has 188 valence electrons. The van der Waals surface area contributed by atoms with Gasteiger partial charge in [-0.1, -0.05) is 17.7 Å². The van der Waals surface area contributed by atoms with Gasteiger partial charge in [0.1, 0.15) is 17.8 Å². The van der Waals surface area contributed by atoms with Gasteiger partial charge in [0.15, 0.2) is 6.23 Å². The van der Waals surface area contributed by atoms with E-state index in [1.807, 2.05) is 0 Å². The maximum absolute atomic E-state index is 13.5. The second-order valence-corrected chi connectivity index (χ2v) is 8.88. The average molecular weight is 500 g/mol. The molecule has 1 aromatic carbocycles. The third-order valence-corrected chi connectivity index (χ3v) is 6.38. The van der Waals surface area contributed by atoms with Gasteiger partial charge in [-0.25, -0.2) is 9.38 Å². The number of hydrogen-bond donors (Lipinski definition) is 5. The molecular formula is C23H31ClFN3O6. The number of carbonyl (C=O) groups is 1. The van der Waals surface area contributed by atoms with E-state index in [2.05, 4.69) is 10.3 Å². The van der Waals surface area contributed by atoms with Gasteiger partial charge in [-0.15, -0.1) is 0 Å². The first-order valence-electron chi connectivity index (χ1n) is 11.2. The lowest BCUT2D eigenvalue weighted by molar-refractivity contribution is -0.115. The van der Waals surface area contributed by atoms with E-state index in [0.29, 0.717) is 49.1 Å². The fraction of sp³-hybridized carbons (Fsp3) is 0.565. The molecule has 4 unspecified atom stereocenters. The summed E-state index contributed by atoms with van der Waals surface area (Å²) in [5.74, 6) is -1.48. The van der Waals surface area contributed by atoms with E-state index < -0.39 is 36.2 Å². The molecule has 2 heterocycles. The molecule has 9 nitrogen and oxygen atoms in total. The average Bonchev–Trinajstić information content (AvgIpc) is 2.82. The zero-order valence-corrected chi connectivity index (χ0v) is 19.7. The van der Waals surface area contributed by atoms with Crippen LogP contribution in [-0.2, 0) is 16.1 Å². The van der Waals surface area contributed by atoms with E-state index in [9.17, 15) is 24.5 Å². The monoisotopic (exact) mass is 499 g/mol. The maximum Gasteiger partial charge on any atom is 0.265 e. The summed E-state index contributed by atoms with van der Waals surface area (Å²) in [5, 5.41) is 42.9. The molecule has 5 N–H and O–H groups in total. The first-order valence-corrected chi connectivity index (χ1v) is 11.5. The molecule has 1 aromatic rings. The number of methoxy groups -OCH3 is 1. The molecule has 1 amide bonds. The summed E-state index contributed by atoms with van der Waals surface area (Å²) >= 11 is 5.89. The summed E-state index contributed by atoms with van der Waals surface area (Å²) in [6.45, 7) is 0.679. The molecule has 34 heavy (non-hydrogen) atoms. The van der Waals surface area contributed by atoms with Crippen molar-refractivity contribution in [2.24, 2.45) is 10.9 Å². The Morgan fingerprint density at radius 2 is 2.18 bits per heavy atom. The fourth-order valence-corrected chi connectivity index (χ4v) is 4.56. The van der Waals surface area contributed by atoms with Crippen LogP contribution in [0.1, 0.15) is 24.8 Å². The Morgan fingerprint density at radius 3 is 2.85 bits per heavy atom. The van der Waals surface area contributed by atoms with Crippen LogP contribution in [0, 0.1) is 11.7 Å². The number of nitrogens with zero attached hydrogens (tertiary/aromatic N) is 2. The fourth-order valence-electron chi connectivity index (χ4n) is 4.36. The second-order valence-electron chi connectivity index (χ2n) is 8.47. The highest BCUT2D eigenvalue weighted by Crippen LogP contribution is 2.37. The summed E-state index contributed by atoms with van der Waals surface area (Å²) in [6.07, 6.45) is -2.02. The van der Waals surface area contributed by atoms with Gasteiger partial charge in [0.2, 0.25) is 0 Å². The number of piperidine rings is 1. The Hall–Kier alpha value is -1.92. The third kappa shape index (κ3) is 6.19. The highest BCUT2D eigenvalue weighted by Gasteiger charge is 2.42. The van der Waals surface area contributed by atoms with Crippen LogP contribution in [0.4, 0.5) is 4.39 Å². The molecular weight excluding hydrogens is 469 g/mol. The second kappa shape index (κ2) is 12.2. The van der Waals surface area contributed by atoms with E-state index in [-0.39, 0.29) is 30.5 Å². The topological polar surface area (TPSA) is 135 Å².